The molecule has 94 valence electrons. The molecule has 0 amide bonds. The lowest BCUT2D eigenvalue weighted by atomic mass is 10.2. The SMILES string of the molecule is CC(C)c1nc(OCC2CCCN2)cc(=O)[nH]1. The summed E-state index contributed by atoms with van der Waals surface area (Å²) in [7, 11) is 0. The van der Waals surface area contributed by atoms with Crippen molar-refractivity contribution in [3.05, 3.63) is 22.2 Å². The van der Waals surface area contributed by atoms with Gasteiger partial charge in [-0.3, -0.25) is 4.79 Å². The highest BCUT2D eigenvalue weighted by atomic mass is 16.5. The summed E-state index contributed by atoms with van der Waals surface area (Å²) in [6.07, 6.45) is 2.31. The number of H-pyrrole nitrogens is 1. The van der Waals surface area contributed by atoms with E-state index >= 15 is 0 Å². The standard InChI is InChI=1S/C12H19N3O2/c1-8(2)12-14-10(16)6-11(15-12)17-7-9-4-3-5-13-9/h6,8-9,13H,3-5,7H2,1-2H3,(H,14,15,16). The fourth-order valence-electron chi connectivity index (χ4n) is 1.89. The molecule has 1 aromatic rings. The Morgan fingerprint density at radius 1 is 1.59 bits per heavy atom. The molecule has 0 aliphatic carbocycles. The molecule has 1 aromatic heterocycles. The summed E-state index contributed by atoms with van der Waals surface area (Å²) in [6, 6.07) is 1.79. The summed E-state index contributed by atoms with van der Waals surface area (Å²) < 4.78 is 5.57. The lowest BCUT2D eigenvalue weighted by molar-refractivity contribution is 0.265. The van der Waals surface area contributed by atoms with Gasteiger partial charge in [-0.2, -0.15) is 4.98 Å². The molecule has 2 rings (SSSR count). The molecular formula is C12H19N3O2. The Labute approximate surface area is 101 Å². The van der Waals surface area contributed by atoms with E-state index in [4.69, 9.17) is 4.74 Å². The maximum atomic E-state index is 11.4. The molecule has 17 heavy (non-hydrogen) atoms. The highest BCUT2D eigenvalue weighted by molar-refractivity contribution is 5.10. The fraction of sp³-hybridized carbons (Fsp3) is 0.667. The Kier molecular flexibility index (Phi) is 3.78. The van der Waals surface area contributed by atoms with E-state index in [-0.39, 0.29) is 11.5 Å². The van der Waals surface area contributed by atoms with Gasteiger partial charge in [-0.1, -0.05) is 13.8 Å². The first-order chi connectivity index (χ1) is 8.15. The number of aromatic amines is 1. The van der Waals surface area contributed by atoms with Gasteiger partial charge in [-0.25, -0.2) is 0 Å². The largest absolute Gasteiger partial charge is 0.476 e. The van der Waals surface area contributed by atoms with Crippen molar-refractivity contribution >= 4 is 0 Å². The van der Waals surface area contributed by atoms with Gasteiger partial charge in [0.05, 0.1) is 6.07 Å². The monoisotopic (exact) mass is 237 g/mol. The van der Waals surface area contributed by atoms with E-state index in [9.17, 15) is 4.79 Å². The lowest BCUT2D eigenvalue weighted by Crippen LogP contribution is -2.28. The third-order valence-corrected chi connectivity index (χ3v) is 2.88. The first kappa shape index (κ1) is 12.1. The van der Waals surface area contributed by atoms with E-state index < -0.39 is 0 Å². The van der Waals surface area contributed by atoms with Gasteiger partial charge in [0, 0.05) is 12.0 Å². The van der Waals surface area contributed by atoms with E-state index in [1.54, 1.807) is 0 Å². The second-order valence-corrected chi connectivity index (χ2v) is 4.73. The van der Waals surface area contributed by atoms with E-state index in [2.05, 4.69) is 15.3 Å². The predicted molar refractivity (Wildman–Crippen MR) is 65.5 cm³/mol. The van der Waals surface area contributed by atoms with Crippen LogP contribution < -0.4 is 15.6 Å². The Bertz CT molecular complexity index is 422. The van der Waals surface area contributed by atoms with Gasteiger partial charge in [0.1, 0.15) is 12.4 Å². The normalized spacial score (nSPS) is 19.8. The van der Waals surface area contributed by atoms with E-state index in [0.29, 0.717) is 24.4 Å². The molecule has 1 atom stereocenters. The van der Waals surface area contributed by atoms with Crippen LogP contribution in [0.5, 0.6) is 5.88 Å². The highest BCUT2D eigenvalue weighted by Gasteiger charge is 2.15. The zero-order valence-electron chi connectivity index (χ0n) is 10.3. The van der Waals surface area contributed by atoms with Crippen LogP contribution in [-0.2, 0) is 0 Å². The minimum Gasteiger partial charge on any atom is -0.476 e. The average molecular weight is 237 g/mol. The minimum absolute atomic E-state index is 0.155. The summed E-state index contributed by atoms with van der Waals surface area (Å²) in [5, 5.41) is 3.34. The maximum absolute atomic E-state index is 11.4. The van der Waals surface area contributed by atoms with Crippen LogP contribution in [0.3, 0.4) is 0 Å². The van der Waals surface area contributed by atoms with Crippen molar-refractivity contribution in [2.45, 2.75) is 38.6 Å². The molecule has 0 radical (unpaired) electrons. The predicted octanol–water partition coefficient (Wildman–Crippen LogP) is 1.02. The van der Waals surface area contributed by atoms with E-state index in [1.165, 1.54) is 12.5 Å². The second kappa shape index (κ2) is 5.31. The van der Waals surface area contributed by atoms with Gasteiger partial charge in [0.15, 0.2) is 0 Å². The summed E-state index contributed by atoms with van der Waals surface area (Å²) in [5.74, 6) is 1.29. The second-order valence-electron chi connectivity index (χ2n) is 4.73. The van der Waals surface area contributed by atoms with Crippen LogP contribution in [0.1, 0.15) is 38.4 Å². The molecular weight excluding hydrogens is 218 g/mol. The third-order valence-electron chi connectivity index (χ3n) is 2.88. The molecule has 0 bridgehead atoms. The van der Waals surface area contributed by atoms with Crippen LogP contribution in [0.15, 0.2) is 10.9 Å². The van der Waals surface area contributed by atoms with Crippen molar-refractivity contribution in [1.82, 2.24) is 15.3 Å². The van der Waals surface area contributed by atoms with Gasteiger partial charge in [0.2, 0.25) is 5.88 Å². The van der Waals surface area contributed by atoms with Crippen LogP contribution in [0.2, 0.25) is 0 Å². The topological polar surface area (TPSA) is 67.0 Å². The van der Waals surface area contributed by atoms with Crippen LogP contribution in [0.4, 0.5) is 0 Å². The molecule has 1 unspecified atom stereocenters. The van der Waals surface area contributed by atoms with Crippen LogP contribution >= 0.6 is 0 Å². The third kappa shape index (κ3) is 3.30. The Hall–Kier alpha value is -1.36. The van der Waals surface area contributed by atoms with Crippen molar-refractivity contribution in [3.63, 3.8) is 0 Å². The number of aromatic nitrogens is 2. The van der Waals surface area contributed by atoms with Crippen LogP contribution in [0, 0.1) is 0 Å². The zero-order chi connectivity index (χ0) is 12.3. The first-order valence-electron chi connectivity index (χ1n) is 6.12. The fourth-order valence-corrected chi connectivity index (χ4v) is 1.89. The number of ether oxygens (including phenoxy) is 1. The van der Waals surface area contributed by atoms with Gasteiger partial charge in [-0.05, 0) is 19.4 Å². The minimum atomic E-state index is -0.155. The van der Waals surface area contributed by atoms with Crippen molar-refractivity contribution in [3.8, 4) is 5.88 Å². The lowest BCUT2D eigenvalue weighted by Gasteiger charge is -2.12. The van der Waals surface area contributed by atoms with Crippen molar-refractivity contribution in [1.29, 1.82) is 0 Å². The smallest absolute Gasteiger partial charge is 0.254 e. The van der Waals surface area contributed by atoms with Gasteiger partial charge >= 0.3 is 0 Å². The molecule has 1 saturated heterocycles. The molecule has 1 aliphatic rings. The van der Waals surface area contributed by atoms with Gasteiger partial charge in [0.25, 0.3) is 5.56 Å². The Morgan fingerprint density at radius 3 is 3.06 bits per heavy atom. The molecule has 5 nitrogen and oxygen atoms in total. The molecule has 5 heteroatoms. The average Bonchev–Trinajstić information content (AvgIpc) is 2.78. The summed E-state index contributed by atoms with van der Waals surface area (Å²) in [4.78, 5) is 18.4. The summed E-state index contributed by atoms with van der Waals surface area (Å²) >= 11 is 0. The Balaban J connectivity index is 2.02. The van der Waals surface area contributed by atoms with Crippen LogP contribution in [-0.4, -0.2) is 29.2 Å². The van der Waals surface area contributed by atoms with Crippen molar-refractivity contribution < 1.29 is 4.74 Å². The molecule has 2 heterocycles. The van der Waals surface area contributed by atoms with Crippen molar-refractivity contribution in [2.75, 3.05) is 13.2 Å². The van der Waals surface area contributed by atoms with Crippen LogP contribution in [0.25, 0.3) is 0 Å². The summed E-state index contributed by atoms with van der Waals surface area (Å²) in [6.45, 7) is 5.60. The number of hydrogen-bond donors (Lipinski definition) is 2. The molecule has 1 aliphatic heterocycles. The number of hydrogen-bond acceptors (Lipinski definition) is 4. The first-order valence-corrected chi connectivity index (χ1v) is 6.12. The van der Waals surface area contributed by atoms with Crippen molar-refractivity contribution in [2.24, 2.45) is 0 Å². The maximum Gasteiger partial charge on any atom is 0.254 e. The number of rotatable bonds is 4. The van der Waals surface area contributed by atoms with E-state index in [0.717, 1.165) is 13.0 Å². The molecule has 0 spiro atoms. The molecule has 0 aromatic carbocycles. The molecule has 2 N–H and O–H groups in total. The molecule has 1 fully saturated rings. The number of nitrogens with zero attached hydrogens (tertiary/aromatic N) is 1. The van der Waals surface area contributed by atoms with Gasteiger partial charge in [-0.15, -0.1) is 0 Å². The number of nitrogens with one attached hydrogen (secondary N) is 2. The van der Waals surface area contributed by atoms with E-state index in [1.807, 2.05) is 13.8 Å². The quantitative estimate of drug-likeness (QED) is 0.820. The molecule has 0 saturated carbocycles. The van der Waals surface area contributed by atoms with Gasteiger partial charge < -0.3 is 15.0 Å². The summed E-state index contributed by atoms with van der Waals surface area (Å²) in [5.41, 5.74) is -0.155. The Morgan fingerprint density at radius 2 is 2.41 bits per heavy atom. The zero-order valence-corrected chi connectivity index (χ0v) is 10.3. The highest BCUT2D eigenvalue weighted by Crippen LogP contribution is 2.12.